The van der Waals surface area contributed by atoms with Crippen LogP contribution in [0, 0.1) is 0 Å². The van der Waals surface area contributed by atoms with Crippen LogP contribution in [0.4, 0.5) is 13.2 Å². The van der Waals surface area contributed by atoms with Crippen LogP contribution in [0.25, 0.3) is 11.3 Å². The van der Waals surface area contributed by atoms with Crippen LogP contribution in [0.1, 0.15) is 39.3 Å². The van der Waals surface area contributed by atoms with Crippen molar-refractivity contribution in [2.75, 3.05) is 6.61 Å². The molecule has 12 nitrogen and oxygen atoms in total. The van der Waals surface area contributed by atoms with Gasteiger partial charge >= 0.3 is 30.1 Å². The first-order valence-electron chi connectivity index (χ1n) is 11.2. The fourth-order valence-electron chi connectivity index (χ4n) is 3.95. The highest BCUT2D eigenvalue weighted by Gasteiger charge is 2.53. The molecule has 5 atom stereocenters. The maximum Gasteiger partial charge on any atom is 0.417 e. The minimum absolute atomic E-state index is 0.183. The summed E-state index contributed by atoms with van der Waals surface area (Å²) in [5.41, 5.74) is -1.43. The maximum absolute atomic E-state index is 13.6. The lowest BCUT2D eigenvalue weighted by molar-refractivity contribution is -0.285. The summed E-state index contributed by atoms with van der Waals surface area (Å²) in [5, 5.41) is 7.76. The van der Waals surface area contributed by atoms with Crippen LogP contribution in [0.2, 0.25) is 0 Å². The molecule has 206 valence electrons. The van der Waals surface area contributed by atoms with Gasteiger partial charge in [0.25, 0.3) is 0 Å². The topological polar surface area (TPSA) is 145 Å². The van der Waals surface area contributed by atoms with E-state index in [1.54, 1.807) is 0 Å². The molecule has 0 amide bonds. The molecule has 1 unspecified atom stereocenters. The predicted molar refractivity (Wildman–Crippen MR) is 118 cm³/mol. The van der Waals surface area contributed by atoms with Gasteiger partial charge in [0.2, 0.25) is 12.4 Å². The van der Waals surface area contributed by atoms with Gasteiger partial charge in [0, 0.05) is 33.3 Å². The van der Waals surface area contributed by atoms with Gasteiger partial charge in [-0.3, -0.25) is 19.2 Å². The van der Waals surface area contributed by atoms with Crippen LogP contribution in [-0.2, 0) is 49.0 Å². The smallest absolute Gasteiger partial charge is 0.417 e. The Morgan fingerprint density at radius 3 is 2.11 bits per heavy atom. The summed E-state index contributed by atoms with van der Waals surface area (Å²) in [7, 11) is 0. The number of hydrogen-bond donors (Lipinski definition) is 0. The summed E-state index contributed by atoms with van der Waals surface area (Å²) in [5.74, 6) is -3.22. The molecule has 3 rings (SSSR count). The Morgan fingerprint density at radius 2 is 1.53 bits per heavy atom. The van der Waals surface area contributed by atoms with Gasteiger partial charge in [0.15, 0.2) is 6.10 Å². The fraction of sp³-hybridized carbons (Fsp3) is 0.478. The van der Waals surface area contributed by atoms with Crippen LogP contribution < -0.4 is 0 Å². The quantitative estimate of drug-likeness (QED) is 0.374. The second-order valence-electron chi connectivity index (χ2n) is 8.22. The lowest BCUT2D eigenvalue weighted by atomic mass is 9.95. The summed E-state index contributed by atoms with van der Waals surface area (Å²) in [6.07, 6.45) is -9.36. The normalized spacial score (nSPS) is 23.3. The van der Waals surface area contributed by atoms with Crippen LogP contribution in [0.5, 0.6) is 0 Å². The Labute approximate surface area is 213 Å². The van der Waals surface area contributed by atoms with Crippen molar-refractivity contribution in [2.24, 2.45) is 0 Å². The Morgan fingerprint density at radius 1 is 0.921 bits per heavy atom. The van der Waals surface area contributed by atoms with Crippen molar-refractivity contribution < 1.29 is 56.0 Å². The second-order valence-corrected chi connectivity index (χ2v) is 8.22. The lowest BCUT2D eigenvalue weighted by Crippen LogP contribution is -2.59. The molecule has 1 saturated heterocycles. The molecular weight excluding hydrogens is 519 g/mol. The van der Waals surface area contributed by atoms with Gasteiger partial charge in [-0.25, -0.2) is 4.68 Å². The first-order valence-corrected chi connectivity index (χ1v) is 11.2. The molecule has 0 aliphatic carbocycles. The number of aromatic nitrogens is 3. The van der Waals surface area contributed by atoms with Crippen molar-refractivity contribution in [2.45, 2.75) is 64.5 Å². The number of hydrogen-bond acceptors (Lipinski definition) is 11. The number of rotatable bonds is 7. The Balaban J connectivity index is 2.13. The van der Waals surface area contributed by atoms with Crippen molar-refractivity contribution in [3.63, 3.8) is 0 Å². The maximum atomic E-state index is 13.6. The van der Waals surface area contributed by atoms with Crippen molar-refractivity contribution in [1.29, 1.82) is 0 Å². The number of carbonyl (C=O) groups is 4. The molecule has 2 aromatic rings. The van der Waals surface area contributed by atoms with Crippen LogP contribution in [0.15, 0.2) is 30.5 Å². The zero-order valence-corrected chi connectivity index (χ0v) is 20.6. The molecule has 38 heavy (non-hydrogen) atoms. The van der Waals surface area contributed by atoms with E-state index in [9.17, 15) is 32.3 Å². The molecule has 1 aliphatic heterocycles. The molecule has 1 aromatic heterocycles. The number of alkyl halides is 3. The van der Waals surface area contributed by atoms with E-state index in [2.05, 4.69) is 10.3 Å². The molecule has 1 aromatic carbocycles. The van der Waals surface area contributed by atoms with Gasteiger partial charge in [-0.15, -0.1) is 5.10 Å². The highest BCUT2D eigenvalue weighted by Crippen LogP contribution is 2.38. The van der Waals surface area contributed by atoms with Gasteiger partial charge in [-0.1, -0.05) is 23.4 Å². The summed E-state index contributed by atoms with van der Waals surface area (Å²) in [6, 6.07) is 3.43. The number of esters is 4. The third-order valence-electron chi connectivity index (χ3n) is 5.28. The van der Waals surface area contributed by atoms with E-state index in [0.717, 1.165) is 44.6 Å². The monoisotopic (exact) mass is 543 g/mol. The van der Waals surface area contributed by atoms with Crippen molar-refractivity contribution in [3.8, 4) is 11.3 Å². The predicted octanol–water partition coefficient (Wildman–Crippen LogP) is 2.22. The van der Waals surface area contributed by atoms with E-state index >= 15 is 0 Å². The Kier molecular flexibility index (Phi) is 8.70. The van der Waals surface area contributed by atoms with Crippen LogP contribution in [0.3, 0.4) is 0 Å². The van der Waals surface area contributed by atoms with E-state index in [-0.39, 0.29) is 11.3 Å². The van der Waals surface area contributed by atoms with Crippen molar-refractivity contribution in [3.05, 3.63) is 36.0 Å². The van der Waals surface area contributed by atoms with Gasteiger partial charge < -0.3 is 23.7 Å². The molecule has 0 bridgehead atoms. The van der Waals surface area contributed by atoms with E-state index in [4.69, 9.17) is 23.7 Å². The number of ether oxygens (including phenoxy) is 5. The summed E-state index contributed by atoms with van der Waals surface area (Å²) < 4.78 is 68.4. The average Bonchev–Trinajstić information content (AvgIpc) is 3.28. The van der Waals surface area contributed by atoms with Gasteiger partial charge in [-0.2, -0.15) is 13.2 Å². The van der Waals surface area contributed by atoms with Crippen LogP contribution in [-0.4, -0.2) is 70.1 Å². The van der Waals surface area contributed by atoms with Crippen LogP contribution >= 0.6 is 0 Å². The number of halogens is 3. The zero-order valence-electron chi connectivity index (χ0n) is 20.6. The first-order chi connectivity index (χ1) is 17.8. The van der Waals surface area contributed by atoms with Gasteiger partial charge in [0.1, 0.15) is 24.4 Å². The first kappa shape index (κ1) is 28.6. The molecule has 2 heterocycles. The van der Waals surface area contributed by atoms with E-state index in [1.165, 1.54) is 18.2 Å². The zero-order chi connectivity index (χ0) is 28.2. The molecule has 0 N–H and O–H groups in total. The molecule has 0 spiro atoms. The summed E-state index contributed by atoms with van der Waals surface area (Å²) >= 11 is 0. The summed E-state index contributed by atoms with van der Waals surface area (Å²) in [6.45, 7) is 3.82. The largest absolute Gasteiger partial charge is 0.463 e. The highest BCUT2D eigenvalue weighted by atomic mass is 19.4. The third-order valence-corrected chi connectivity index (χ3v) is 5.28. The molecule has 1 fully saturated rings. The minimum Gasteiger partial charge on any atom is -0.463 e. The lowest BCUT2D eigenvalue weighted by Gasteiger charge is -2.44. The van der Waals surface area contributed by atoms with E-state index in [0.29, 0.717) is 0 Å². The van der Waals surface area contributed by atoms with Gasteiger partial charge in [-0.05, 0) is 6.07 Å². The van der Waals surface area contributed by atoms with E-state index < -0.39 is 72.9 Å². The third kappa shape index (κ3) is 6.85. The van der Waals surface area contributed by atoms with Crippen molar-refractivity contribution in [1.82, 2.24) is 15.0 Å². The number of nitrogens with zero attached hydrogens (tertiary/aromatic N) is 3. The second kappa shape index (κ2) is 11.6. The molecule has 0 radical (unpaired) electrons. The average molecular weight is 543 g/mol. The number of benzene rings is 1. The van der Waals surface area contributed by atoms with Crippen molar-refractivity contribution >= 4 is 23.9 Å². The Bertz CT molecular complexity index is 1200. The number of carbonyl (C=O) groups excluding carboxylic acids is 4. The van der Waals surface area contributed by atoms with E-state index in [1.807, 2.05) is 0 Å². The highest BCUT2D eigenvalue weighted by molar-refractivity contribution is 5.68. The minimum atomic E-state index is -4.69. The fourth-order valence-corrected chi connectivity index (χ4v) is 3.95. The molecule has 0 saturated carbocycles. The molecule has 15 heteroatoms. The molecule has 1 aliphatic rings. The summed E-state index contributed by atoms with van der Waals surface area (Å²) in [4.78, 5) is 47.1. The molecular formula is C23H24F3N3O9. The Hall–Kier alpha value is -4.01. The standard InChI is InChI=1S/C23H24F3N3O9/c1-11(30)34-10-18-19(20(35-12(2)31)21(36-13(3)32)22(38-18)37-14(4)33)29-9-17(27-28-29)15-7-5-6-8-16(15)23(24,25)26/h5-9,18-22H,10H2,1-4H3/t18-,19-,20+,21-,22?/m1/s1. The SMILES string of the molecule is CC(=O)OC[C@H]1OC(OC(C)=O)[C@H](OC(C)=O)[C@@H](OC(C)=O)[C@@H]1n1cc(-c2ccccc2C(F)(F)F)nn1. The van der Waals surface area contributed by atoms with Gasteiger partial charge in [0.05, 0.1) is 11.8 Å².